The van der Waals surface area contributed by atoms with Gasteiger partial charge in [0.2, 0.25) is 5.52 Å². The highest BCUT2D eigenvalue weighted by molar-refractivity contribution is 5.93. The van der Waals surface area contributed by atoms with Crippen LogP contribution in [0.1, 0.15) is 0 Å². The van der Waals surface area contributed by atoms with Gasteiger partial charge in [0.25, 0.3) is 0 Å². The molecule has 1 aromatic carbocycles. The Labute approximate surface area is 83.3 Å². The second-order valence-corrected chi connectivity index (χ2v) is 2.93. The molecule has 8 heteroatoms. The third-order valence-corrected chi connectivity index (χ3v) is 1.95. The van der Waals surface area contributed by atoms with Crippen molar-refractivity contribution in [1.82, 2.24) is 10.3 Å². The lowest BCUT2D eigenvalue weighted by atomic mass is 10.2. The first-order valence-corrected chi connectivity index (χ1v) is 3.99. The maximum absolute atomic E-state index is 10.6. The molecule has 0 atom stereocenters. The van der Waals surface area contributed by atoms with Gasteiger partial charge in [0, 0.05) is 13.1 Å². The Balaban J connectivity index is 2.76. The molecule has 0 aliphatic heterocycles. The maximum Gasteiger partial charge on any atom is 0.300 e. The lowest BCUT2D eigenvalue weighted by Gasteiger charge is -2.10. The van der Waals surface area contributed by atoms with E-state index in [4.69, 9.17) is 5.84 Å². The molecular formula is C7H7N5O3. The lowest BCUT2D eigenvalue weighted by molar-refractivity contribution is -0.383. The summed E-state index contributed by atoms with van der Waals surface area (Å²) >= 11 is 0. The van der Waals surface area contributed by atoms with Crippen LogP contribution in [-0.4, -0.2) is 22.3 Å². The summed E-state index contributed by atoms with van der Waals surface area (Å²) in [4.78, 5) is 10.1. The molecular weight excluding hydrogens is 202 g/mol. The molecule has 1 aromatic heterocycles. The Morgan fingerprint density at radius 1 is 1.47 bits per heavy atom. The van der Waals surface area contributed by atoms with E-state index in [0.29, 0.717) is 5.69 Å². The average molecular weight is 209 g/mol. The smallest absolute Gasteiger partial charge is 0.300 e. The Hall–Kier alpha value is -2.22. The number of nitrogens with zero attached hydrogens (tertiary/aromatic N) is 4. The van der Waals surface area contributed by atoms with Crippen molar-refractivity contribution in [2.75, 3.05) is 12.1 Å². The number of nitro benzene ring substituents is 1. The maximum atomic E-state index is 10.6. The van der Waals surface area contributed by atoms with Gasteiger partial charge in [-0.3, -0.25) is 10.1 Å². The molecule has 8 nitrogen and oxygen atoms in total. The SMILES string of the molecule is CN(N)c1ccc([N+](=O)[O-])c2nonc12. The minimum absolute atomic E-state index is 0.0924. The van der Waals surface area contributed by atoms with E-state index in [1.54, 1.807) is 7.05 Å². The molecule has 0 aliphatic carbocycles. The van der Waals surface area contributed by atoms with Crippen molar-refractivity contribution in [3.63, 3.8) is 0 Å². The molecule has 2 rings (SSSR count). The van der Waals surface area contributed by atoms with Crippen molar-refractivity contribution in [2.24, 2.45) is 5.84 Å². The van der Waals surface area contributed by atoms with Crippen LogP contribution >= 0.6 is 0 Å². The lowest BCUT2D eigenvalue weighted by Crippen LogP contribution is -2.25. The Morgan fingerprint density at radius 3 is 2.73 bits per heavy atom. The zero-order chi connectivity index (χ0) is 11.0. The summed E-state index contributed by atoms with van der Waals surface area (Å²) in [5, 5.41) is 19.0. The van der Waals surface area contributed by atoms with Crippen LogP contribution in [-0.2, 0) is 0 Å². The number of rotatable bonds is 2. The predicted molar refractivity (Wildman–Crippen MR) is 51.0 cm³/mol. The topological polar surface area (TPSA) is 111 Å². The highest BCUT2D eigenvalue weighted by atomic mass is 16.6. The number of hydrogen-bond donors (Lipinski definition) is 1. The fourth-order valence-electron chi connectivity index (χ4n) is 1.27. The molecule has 0 spiro atoms. The molecule has 0 bridgehead atoms. The molecule has 0 aliphatic rings. The van der Waals surface area contributed by atoms with E-state index in [0.717, 1.165) is 0 Å². The van der Waals surface area contributed by atoms with Gasteiger partial charge >= 0.3 is 5.69 Å². The second kappa shape index (κ2) is 3.17. The zero-order valence-corrected chi connectivity index (χ0v) is 7.75. The summed E-state index contributed by atoms with van der Waals surface area (Å²) in [6.45, 7) is 0. The molecule has 0 radical (unpaired) electrons. The highest BCUT2D eigenvalue weighted by Gasteiger charge is 2.20. The first-order chi connectivity index (χ1) is 7.11. The Bertz CT molecular complexity index is 520. The van der Waals surface area contributed by atoms with Crippen LogP contribution in [0.2, 0.25) is 0 Å². The summed E-state index contributed by atoms with van der Waals surface area (Å²) in [6.07, 6.45) is 0. The summed E-state index contributed by atoms with van der Waals surface area (Å²) in [5.41, 5.74) is 0.720. The number of anilines is 1. The van der Waals surface area contributed by atoms with Gasteiger partial charge in [-0.2, -0.15) is 0 Å². The van der Waals surface area contributed by atoms with Crippen molar-refractivity contribution in [3.8, 4) is 0 Å². The minimum atomic E-state index is -0.549. The van der Waals surface area contributed by atoms with Crippen molar-refractivity contribution in [1.29, 1.82) is 0 Å². The van der Waals surface area contributed by atoms with Crippen molar-refractivity contribution >= 4 is 22.4 Å². The zero-order valence-electron chi connectivity index (χ0n) is 7.75. The van der Waals surface area contributed by atoms with Crippen LogP contribution in [0, 0.1) is 10.1 Å². The fraction of sp³-hybridized carbons (Fsp3) is 0.143. The number of nitrogens with two attached hydrogens (primary N) is 1. The third-order valence-electron chi connectivity index (χ3n) is 1.95. The van der Waals surface area contributed by atoms with Crippen LogP contribution in [0.4, 0.5) is 11.4 Å². The van der Waals surface area contributed by atoms with Crippen LogP contribution in [0.5, 0.6) is 0 Å². The standard InChI is InChI=1S/C7H7N5O3/c1-11(8)4-2-3-5(12(13)14)7-6(4)9-15-10-7/h2-3H,8H2,1H3. The first kappa shape index (κ1) is 9.34. The van der Waals surface area contributed by atoms with Crippen LogP contribution in [0.15, 0.2) is 16.8 Å². The molecule has 0 unspecified atom stereocenters. The second-order valence-electron chi connectivity index (χ2n) is 2.93. The van der Waals surface area contributed by atoms with E-state index < -0.39 is 4.92 Å². The summed E-state index contributed by atoms with van der Waals surface area (Å²) in [7, 11) is 1.59. The number of aromatic nitrogens is 2. The van der Waals surface area contributed by atoms with Crippen LogP contribution < -0.4 is 10.9 Å². The third kappa shape index (κ3) is 1.36. The number of hydrazine groups is 1. The van der Waals surface area contributed by atoms with Gasteiger partial charge in [-0.1, -0.05) is 0 Å². The molecule has 2 N–H and O–H groups in total. The Morgan fingerprint density at radius 2 is 2.13 bits per heavy atom. The summed E-state index contributed by atoms with van der Waals surface area (Å²) in [6, 6.07) is 2.80. The van der Waals surface area contributed by atoms with E-state index in [-0.39, 0.29) is 16.7 Å². The van der Waals surface area contributed by atoms with Gasteiger partial charge in [0.05, 0.1) is 10.6 Å². The van der Waals surface area contributed by atoms with Crippen molar-refractivity contribution < 1.29 is 9.55 Å². The van der Waals surface area contributed by atoms with Gasteiger partial charge in [0.1, 0.15) is 0 Å². The number of fused-ring (bicyclic) bond motifs is 1. The normalized spacial score (nSPS) is 10.5. The van der Waals surface area contributed by atoms with E-state index in [9.17, 15) is 10.1 Å². The van der Waals surface area contributed by atoms with Gasteiger partial charge in [-0.15, -0.1) is 0 Å². The highest BCUT2D eigenvalue weighted by Crippen LogP contribution is 2.29. The van der Waals surface area contributed by atoms with E-state index in [1.165, 1.54) is 17.1 Å². The van der Waals surface area contributed by atoms with Gasteiger partial charge in [-0.25, -0.2) is 10.5 Å². The molecule has 15 heavy (non-hydrogen) atoms. The van der Waals surface area contributed by atoms with Crippen molar-refractivity contribution in [3.05, 3.63) is 22.2 Å². The van der Waals surface area contributed by atoms with Crippen LogP contribution in [0.25, 0.3) is 11.0 Å². The Kier molecular flexibility index (Phi) is 1.97. The quantitative estimate of drug-likeness (QED) is 0.433. The van der Waals surface area contributed by atoms with Crippen molar-refractivity contribution in [2.45, 2.75) is 0 Å². The minimum Gasteiger partial charge on any atom is -0.312 e. The van der Waals surface area contributed by atoms with E-state index in [1.807, 2.05) is 0 Å². The number of non-ortho nitro benzene ring substituents is 1. The van der Waals surface area contributed by atoms with Gasteiger partial charge in [0.15, 0.2) is 5.52 Å². The average Bonchev–Trinajstić information content (AvgIpc) is 2.63. The predicted octanol–water partition coefficient (Wildman–Crippen LogP) is 0.441. The summed E-state index contributed by atoms with van der Waals surface area (Å²) in [5.74, 6) is 5.52. The fourth-order valence-corrected chi connectivity index (χ4v) is 1.27. The molecule has 1 heterocycles. The number of hydrogen-bond acceptors (Lipinski definition) is 7. The van der Waals surface area contributed by atoms with E-state index in [2.05, 4.69) is 14.9 Å². The summed E-state index contributed by atoms with van der Waals surface area (Å²) < 4.78 is 4.46. The molecule has 2 aromatic rings. The first-order valence-electron chi connectivity index (χ1n) is 3.99. The molecule has 78 valence electrons. The molecule has 0 saturated heterocycles. The molecule has 0 amide bonds. The molecule has 0 fully saturated rings. The largest absolute Gasteiger partial charge is 0.312 e. The number of nitro groups is 1. The van der Waals surface area contributed by atoms with Gasteiger partial charge < -0.3 is 5.01 Å². The number of benzene rings is 1. The monoisotopic (exact) mass is 209 g/mol. The van der Waals surface area contributed by atoms with Crippen LogP contribution in [0.3, 0.4) is 0 Å². The van der Waals surface area contributed by atoms with E-state index >= 15 is 0 Å². The van der Waals surface area contributed by atoms with Gasteiger partial charge in [-0.05, 0) is 16.4 Å². The molecule has 0 saturated carbocycles.